The van der Waals surface area contributed by atoms with E-state index in [9.17, 15) is 4.79 Å². The van der Waals surface area contributed by atoms with E-state index >= 15 is 0 Å². The van der Waals surface area contributed by atoms with Gasteiger partial charge >= 0.3 is 0 Å². The molecule has 112 valence electrons. The zero-order chi connectivity index (χ0) is 15.9. The van der Waals surface area contributed by atoms with Crippen molar-refractivity contribution in [3.8, 4) is 0 Å². The minimum atomic E-state index is -0.304. The fraction of sp³-hybridized carbons (Fsp3) is 0.125. The lowest BCUT2D eigenvalue weighted by atomic mass is 10.0. The highest BCUT2D eigenvalue weighted by Crippen LogP contribution is 2.28. The van der Waals surface area contributed by atoms with Crippen LogP contribution < -0.4 is 5.32 Å². The molecule has 3 rings (SSSR count). The lowest BCUT2D eigenvalue weighted by Gasteiger charge is -2.12. The number of carbonyl (C=O) groups excluding carboxylic acids is 1. The molecule has 0 aliphatic carbocycles. The number of aromatic nitrogens is 2. The van der Waals surface area contributed by atoms with Crippen LogP contribution in [0.2, 0.25) is 10.2 Å². The molecule has 1 amide bonds. The van der Waals surface area contributed by atoms with Crippen molar-refractivity contribution in [2.45, 2.75) is 13.8 Å². The largest absolute Gasteiger partial charge is 0.340 e. The third-order valence-electron chi connectivity index (χ3n) is 3.62. The van der Waals surface area contributed by atoms with Crippen molar-refractivity contribution in [1.82, 2.24) is 9.97 Å². The number of hydrogen-bond donors (Lipinski definition) is 2. The maximum absolute atomic E-state index is 12.3. The number of anilines is 1. The Hall–Kier alpha value is -2.04. The number of aryl methyl sites for hydroxylation is 2. The lowest BCUT2D eigenvalue weighted by Crippen LogP contribution is -2.13. The van der Waals surface area contributed by atoms with E-state index in [-0.39, 0.29) is 11.1 Å². The van der Waals surface area contributed by atoms with E-state index in [1.165, 1.54) is 6.07 Å². The molecule has 2 aromatic heterocycles. The maximum atomic E-state index is 12.3. The Kier molecular flexibility index (Phi) is 3.81. The lowest BCUT2D eigenvalue weighted by molar-refractivity contribution is 0.102. The number of H-pyrrole nitrogens is 1. The van der Waals surface area contributed by atoms with Gasteiger partial charge in [-0.1, -0.05) is 23.2 Å². The molecule has 1 aromatic carbocycles. The van der Waals surface area contributed by atoms with Gasteiger partial charge in [-0.2, -0.15) is 0 Å². The third kappa shape index (κ3) is 2.56. The van der Waals surface area contributed by atoms with Gasteiger partial charge in [-0.15, -0.1) is 0 Å². The van der Waals surface area contributed by atoms with Crippen LogP contribution in [-0.4, -0.2) is 15.9 Å². The van der Waals surface area contributed by atoms with E-state index in [1.54, 1.807) is 6.20 Å². The number of amides is 1. The number of nitrogens with zero attached hydrogens (tertiary/aromatic N) is 1. The van der Waals surface area contributed by atoms with Gasteiger partial charge in [-0.25, -0.2) is 0 Å². The highest BCUT2D eigenvalue weighted by molar-refractivity contribution is 6.41. The second-order valence-electron chi connectivity index (χ2n) is 5.06. The fourth-order valence-corrected chi connectivity index (χ4v) is 2.64. The first-order chi connectivity index (χ1) is 10.5. The smallest absolute Gasteiger partial charge is 0.272 e. The second kappa shape index (κ2) is 5.63. The summed E-state index contributed by atoms with van der Waals surface area (Å²) >= 11 is 11.7. The van der Waals surface area contributed by atoms with Gasteiger partial charge in [0.2, 0.25) is 0 Å². The summed E-state index contributed by atoms with van der Waals surface area (Å²) in [4.78, 5) is 19.5. The van der Waals surface area contributed by atoms with Crippen LogP contribution in [0.1, 0.15) is 21.6 Å². The molecular weight excluding hydrogens is 321 g/mol. The van der Waals surface area contributed by atoms with Gasteiger partial charge in [0.15, 0.2) is 0 Å². The monoisotopic (exact) mass is 333 g/mol. The molecule has 0 bridgehead atoms. The number of nitrogens with one attached hydrogen (secondary N) is 2. The summed E-state index contributed by atoms with van der Waals surface area (Å²) in [6.45, 7) is 4.00. The topological polar surface area (TPSA) is 57.8 Å². The van der Waals surface area contributed by atoms with E-state index in [0.717, 1.165) is 22.0 Å². The average Bonchev–Trinajstić information content (AvgIpc) is 2.84. The van der Waals surface area contributed by atoms with E-state index in [0.29, 0.717) is 16.4 Å². The quantitative estimate of drug-likeness (QED) is 0.711. The van der Waals surface area contributed by atoms with Crippen LogP contribution in [0.5, 0.6) is 0 Å². The predicted molar refractivity (Wildman–Crippen MR) is 90.0 cm³/mol. The third-order valence-corrected chi connectivity index (χ3v) is 4.32. The molecule has 0 unspecified atom stereocenters. The number of carbonyl (C=O) groups is 1. The molecule has 2 heterocycles. The Bertz CT molecular complexity index is 867. The Morgan fingerprint density at radius 1 is 1.27 bits per heavy atom. The van der Waals surface area contributed by atoms with Crippen LogP contribution in [0.15, 0.2) is 30.5 Å². The summed E-state index contributed by atoms with van der Waals surface area (Å²) in [6, 6.07) is 7.21. The summed E-state index contributed by atoms with van der Waals surface area (Å²) in [5.41, 5.74) is 4.05. The summed E-state index contributed by atoms with van der Waals surface area (Å²) in [7, 11) is 0. The number of aromatic amines is 1. The molecule has 0 saturated carbocycles. The van der Waals surface area contributed by atoms with E-state index < -0.39 is 0 Å². The number of halogens is 2. The van der Waals surface area contributed by atoms with Crippen molar-refractivity contribution >= 4 is 45.7 Å². The summed E-state index contributed by atoms with van der Waals surface area (Å²) in [6.07, 6.45) is 1.74. The minimum absolute atomic E-state index is 0.249. The number of benzene rings is 1. The van der Waals surface area contributed by atoms with E-state index in [2.05, 4.69) is 15.3 Å². The van der Waals surface area contributed by atoms with Crippen LogP contribution in [0.3, 0.4) is 0 Å². The molecule has 6 heteroatoms. The highest BCUT2D eigenvalue weighted by Gasteiger charge is 2.14. The van der Waals surface area contributed by atoms with Gasteiger partial charge in [0.25, 0.3) is 5.91 Å². The zero-order valence-electron chi connectivity index (χ0n) is 12.0. The van der Waals surface area contributed by atoms with Crippen molar-refractivity contribution in [3.63, 3.8) is 0 Å². The fourth-order valence-electron chi connectivity index (χ4n) is 2.33. The highest BCUT2D eigenvalue weighted by atomic mass is 35.5. The first-order valence-electron chi connectivity index (χ1n) is 6.67. The Morgan fingerprint density at radius 2 is 2.05 bits per heavy atom. The van der Waals surface area contributed by atoms with Crippen LogP contribution in [0, 0.1) is 13.8 Å². The van der Waals surface area contributed by atoms with Crippen molar-refractivity contribution in [3.05, 3.63) is 57.5 Å². The predicted octanol–water partition coefficient (Wildman–Crippen LogP) is 4.74. The standard InChI is InChI=1S/C16H13Cl2N3O/c1-8-6-12(10-4-3-5-19-14(10)9(8)2)21-16(22)13-7-11(17)15(18)20-13/h3-7,20H,1-2H3,(H,21,22). The molecule has 3 aromatic rings. The van der Waals surface area contributed by atoms with Gasteiger partial charge in [0.05, 0.1) is 16.2 Å². The molecule has 4 nitrogen and oxygen atoms in total. The number of hydrogen-bond acceptors (Lipinski definition) is 2. The SMILES string of the molecule is Cc1cc(NC(=O)c2cc(Cl)c(Cl)[nH]2)c2cccnc2c1C. The first-order valence-corrected chi connectivity index (χ1v) is 7.43. The van der Waals surface area contributed by atoms with Crippen molar-refractivity contribution < 1.29 is 4.79 Å². The molecule has 0 spiro atoms. The Morgan fingerprint density at radius 3 is 2.73 bits per heavy atom. The van der Waals surface area contributed by atoms with Crippen LogP contribution in [0.25, 0.3) is 10.9 Å². The molecule has 2 N–H and O–H groups in total. The maximum Gasteiger partial charge on any atom is 0.272 e. The van der Waals surface area contributed by atoms with Gasteiger partial charge in [-0.05, 0) is 49.2 Å². The van der Waals surface area contributed by atoms with Crippen molar-refractivity contribution in [2.24, 2.45) is 0 Å². The van der Waals surface area contributed by atoms with Crippen molar-refractivity contribution in [2.75, 3.05) is 5.32 Å². The zero-order valence-corrected chi connectivity index (χ0v) is 13.5. The number of rotatable bonds is 2. The van der Waals surface area contributed by atoms with Crippen LogP contribution in [-0.2, 0) is 0 Å². The van der Waals surface area contributed by atoms with Gasteiger partial charge in [0.1, 0.15) is 10.8 Å². The molecular formula is C16H13Cl2N3O. The molecule has 0 aliphatic rings. The van der Waals surface area contributed by atoms with E-state index in [4.69, 9.17) is 23.2 Å². The molecule has 0 aliphatic heterocycles. The minimum Gasteiger partial charge on any atom is -0.340 e. The summed E-state index contributed by atoms with van der Waals surface area (Å²) in [5.74, 6) is -0.304. The molecule has 0 radical (unpaired) electrons. The summed E-state index contributed by atoms with van der Waals surface area (Å²) < 4.78 is 0. The normalized spacial score (nSPS) is 10.9. The van der Waals surface area contributed by atoms with Gasteiger partial charge < -0.3 is 10.3 Å². The first kappa shape index (κ1) is 14.9. The average molecular weight is 334 g/mol. The Balaban J connectivity index is 2.04. The van der Waals surface area contributed by atoms with Crippen molar-refractivity contribution in [1.29, 1.82) is 0 Å². The molecule has 22 heavy (non-hydrogen) atoms. The Labute approximate surface area is 137 Å². The summed E-state index contributed by atoms with van der Waals surface area (Å²) in [5, 5.41) is 4.34. The molecule has 0 saturated heterocycles. The van der Waals surface area contributed by atoms with Crippen LogP contribution >= 0.6 is 23.2 Å². The second-order valence-corrected chi connectivity index (χ2v) is 5.85. The molecule has 0 fully saturated rings. The van der Waals surface area contributed by atoms with E-state index in [1.807, 2.05) is 32.0 Å². The van der Waals surface area contributed by atoms with Crippen LogP contribution in [0.4, 0.5) is 5.69 Å². The molecule has 0 atom stereocenters. The van der Waals surface area contributed by atoms with Gasteiger partial charge in [-0.3, -0.25) is 9.78 Å². The number of pyridine rings is 1. The van der Waals surface area contributed by atoms with Gasteiger partial charge in [0, 0.05) is 11.6 Å². The number of fused-ring (bicyclic) bond motifs is 1.